The Labute approximate surface area is 152 Å². The normalized spacial score (nSPS) is 26.8. The van der Waals surface area contributed by atoms with E-state index in [-0.39, 0.29) is 0 Å². The number of hydrogen-bond donors (Lipinski definition) is 0. The highest BCUT2D eigenvalue weighted by molar-refractivity contribution is 5.25. The summed E-state index contributed by atoms with van der Waals surface area (Å²) in [6.45, 7) is 6.45. The zero-order valence-corrected chi connectivity index (χ0v) is 16.0. The van der Waals surface area contributed by atoms with E-state index < -0.39 is 0 Å². The van der Waals surface area contributed by atoms with Gasteiger partial charge in [-0.1, -0.05) is 12.5 Å². The van der Waals surface area contributed by atoms with E-state index in [4.69, 9.17) is 9.47 Å². The highest BCUT2D eigenvalue weighted by atomic mass is 16.5. The van der Waals surface area contributed by atoms with Crippen LogP contribution in [0.1, 0.15) is 24.8 Å². The van der Waals surface area contributed by atoms with Crippen LogP contribution >= 0.6 is 0 Å². The molecule has 1 aromatic rings. The number of pyridine rings is 1. The van der Waals surface area contributed by atoms with Gasteiger partial charge in [0.15, 0.2) is 0 Å². The first-order valence-electron chi connectivity index (χ1n) is 9.59. The van der Waals surface area contributed by atoms with E-state index in [2.05, 4.69) is 27.9 Å². The third-order valence-electron chi connectivity index (χ3n) is 5.98. The third-order valence-corrected chi connectivity index (χ3v) is 5.98. The summed E-state index contributed by atoms with van der Waals surface area (Å²) in [4.78, 5) is 9.41. The molecular formula is C20H33N3O2. The highest BCUT2D eigenvalue weighted by Gasteiger charge is 2.40. The molecule has 5 nitrogen and oxygen atoms in total. The van der Waals surface area contributed by atoms with Gasteiger partial charge in [0.05, 0.1) is 13.7 Å². The molecule has 25 heavy (non-hydrogen) atoms. The summed E-state index contributed by atoms with van der Waals surface area (Å²) in [6.07, 6.45) is 5.96. The van der Waals surface area contributed by atoms with Crippen molar-refractivity contribution in [2.45, 2.75) is 25.8 Å². The molecule has 0 spiro atoms. The van der Waals surface area contributed by atoms with Crippen LogP contribution in [0.4, 0.5) is 0 Å². The minimum absolute atomic E-state index is 0.772. The molecule has 0 aromatic carbocycles. The van der Waals surface area contributed by atoms with E-state index in [1.165, 1.54) is 44.5 Å². The van der Waals surface area contributed by atoms with Gasteiger partial charge in [-0.15, -0.1) is 0 Å². The smallest absolute Gasteiger partial charge is 0.217 e. The Hall–Kier alpha value is -1.17. The summed E-state index contributed by atoms with van der Waals surface area (Å²) < 4.78 is 10.7. The number of methoxy groups -OCH3 is 2. The molecule has 1 aliphatic carbocycles. The summed E-state index contributed by atoms with van der Waals surface area (Å²) in [6, 6.07) is 4.15. The van der Waals surface area contributed by atoms with Gasteiger partial charge in [0.25, 0.3) is 0 Å². The van der Waals surface area contributed by atoms with Crippen LogP contribution in [0.2, 0.25) is 0 Å². The summed E-state index contributed by atoms with van der Waals surface area (Å²) >= 11 is 0. The van der Waals surface area contributed by atoms with Crippen molar-refractivity contribution in [2.75, 3.05) is 54.1 Å². The van der Waals surface area contributed by atoms with Gasteiger partial charge in [0.1, 0.15) is 0 Å². The van der Waals surface area contributed by atoms with Gasteiger partial charge in [0, 0.05) is 51.6 Å². The fourth-order valence-corrected chi connectivity index (χ4v) is 4.75. The molecule has 2 fully saturated rings. The quantitative estimate of drug-likeness (QED) is 0.722. The maximum absolute atomic E-state index is 5.43. The molecule has 0 bridgehead atoms. The Morgan fingerprint density at radius 2 is 2.16 bits per heavy atom. The minimum Gasteiger partial charge on any atom is -0.481 e. The highest BCUT2D eigenvalue weighted by Crippen LogP contribution is 2.41. The number of likely N-dealkylation sites (N-methyl/N-ethyl adjacent to an activating group) is 1. The maximum atomic E-state index is 5.43. The van der Waals surface area contributed by atoms with E-state index in [9.17, 15) is 0 Å². The molecule has 1 aliphatic heterocycles. The second-order valence-electron chi connectivity index (χ2n) is 7.74. The molecule has 0 radical (unpaired) electrons. The third kappa shape index (κ3) is 4.72. The molecule has 1 saturated heterocycles. The van der Waals surface area contributed by atoms with Crippen molar-refractivity contribution >= 4 is 0 Å². The van der Waals surface area contributed by atoms with Gasteiger partial charge in [-0.25, -0.2) is 4.98 Å². The van der Waals surface area contributed by atoms with Crippen molar-refractivity contribution in [1.29, 1.82) is 0 Å². The van der Waals surface area contributed by atoms with Gasteiger partial charge in [0.2, 0.25) is 5.88 Å². The van der Waals surface area contributed by atoms with Crippen LogP contribution in [0.3, 0.4) is 0 Å². The molecule has 140 valence electrons. The molecule has 0 unspecified atom stereocenters. The van der Waals surface area contributed by atoms with Crippen molar-refractivity contribution in [3.63, 3.8) is 0 Å². The average molecular weight is 348 g/mol. The van der Waals surface area contributed by atoms with Crippen LogP contribution in [-0.4, -0.2) is 68.8 Å². The zero-order valence-electron chi connectivity index (χ0n) is 16.0. The van der Waals surface area contributed by atoms with Gasteiger partial charge in [-0.2, -0.15) is 0 Å². The zero-order chi connectivity index (χ0) is 17.6. The van der Waals surface area contributed by atoms with Crippen LogP contribution in [-0.2, 0) is 11.3 Å². The van der Waals surface area contributed by atoms with Crippen molar-refractivity contribution in [2.24, 2.45) is 17.8 Å². The van der Waals surface area contributed by atoms with E-state index in [1.54, 1.807) is 20.4 Å². The molecule has 5 heteroatoms. The summed E-state index contributed by atoms with van der Waals surface area (Å²) in [5.74, 6) is 3.29. The van der Waals surface area contributed by atoms with Crippen molar-refractivity contribution in [1.82, 2.24) is 14.8 Å². The van der Waals surface area contributed by atoms with E-state index in [0.717, 1.165) is 43.3 Å². The lowest BCUT2D eigenvalue weighted by Gasteiger charge is -2.35. The van der Waals surface area contributed by atoms with Crippen molar-refractivity contribution in [3.05, 3.63) is 23.9 Å². The van der Waals surface area contributed by atoms with Crippen LogP contribution in [0.15, 0.2) is 18.3 Å². The minimum atomic E-state index is 0.772. The first-order valence-corrected chi connectivity index (χ1v) is 9.59. The van der Waals surface area contributed by atoms with E-state index in [1.807, 2.05) is 6.07 Å². The molecule has 0 N–H and O–H groups in total. The average Bonchev–Trinajstić information content (AvgIpc) is 3.04. The number of likely N-dealkylation sites (tertiary alicyclic amines) is 1. The van der Waals surface area contributed by atoms with Crippen LogP contribution < -0.4 is 4.74 Å². The molecule has 0 amide bonds. The topological polar surface area (TPSA) is 37.8 Å². The van der Waals surface area contributed by atoms with Gasteiger partial charge < -0.3 is 14.4 Å². The SMILES string of the molecule is COCCN(C)C[C@@H]1CCC[C@@H]2CN(Cc3cccnc3OC)C[C@@H]21. The summed E-state index contributed by atoms with van der Waals surface area (Å²) in [7, 11) is 5.73. The number of ether oxygens (including phenoxy) is 2. The Bertz CT molecular complexity index is 539. The molecular weight excluding hydrogens is 314 g/mol. The van der Waals surface area contributed by atoms with E-state index in [0.29, 0.717) is 0 Å². The molecule has 2 heterocycles. The number of rotatable bonds is 8. The molecule has 1 aromatic heterocycles. The Morgan fingerprint density at radius 1 is 1.28 bits per heavy atom. The van der Waals surface area contributed by atoms with Crippen LogP contribution in [0.5, 0.6) is 5.88 Å². The van der Waals surface area contributed by atoms with Gasteiger partial charge in [-0.05, 0) is 43.7 Å². The predicted octanol–water partition coefficient (Wildman–Crippen LogP) is 2.52. The Kier molecular flexibility index (Phi) is 6.68. The largest absolute Gasteiger partial charge is 0.481 e. The first kappa shape index (κ1) is 18.6. The molecule has 3 atom stereocenters. The van der Waals surface area contributed by atoms with Crippen LogP contribution in [0, 0.1) is 17.8 Å². The van der Waals surface area contributed by atoms with Crippen LogP contribution in [0.25, 0.3) is 0 Å². The fourth-order valence-electron chi connectivity index (χ4n) is 4.75. The molecule has 2 aliphatic rings. The predicted molar refractivity (Wildman–Crippen MR) is 99.8 cm³/mol. The molecule has 3 rings (SSSR count). The second-order valence-corrected chi connectivity index (χ2v) is 7.74. The van der Waals surface area contributed by atoms with Crippen molar-refractivity contribution in [3.8, 4) is 5.88 Å². The Balaban J connectivity index is 1.58. The standard InChI is InChI=1S/C20H33N3O2/c1-22(10-11-24-2)12-16-6-4-7-17-13-23(15-19(16)17)14-18-8-5-9-21-20(18)25-3/h5,8-9,16-17,19H,4,6-7,10-15H2,1-3H3/t16-,17+,19+/m0/s1. The number of fused-ring (bicyclic) bond motifs is 1. The lowest BCUT2D eigenvalue weighted by Crippen LogP contribution is -2.37. The number of aromatic nitrogens is 1. The lowest BCUT2D eigenvalue weighted by atomic mass is 9.74. The summed E-state index contributed by atoms with van der Waals surface area (Å²) in [5, 5.41) is 0. The van der Waals surface area contributed by atoms with Gasteiger partial charge in [-0.3, -0.25) is 4.90 Å². The fraction of sp³-hybridized carbons (Fsp3) is 0.750. The number of hydrogen-bond acceptors (Lipinski definition) is 5. The lowest BCUT2D eigenvalue weighted by molar-refractivity contribution is 0.117. The monoisotopic (exact) mass is 347 g/mol. The van der Waals surface area contributed by atoms with E-state index >= 15 is 0 Å². The first-order chi connectivity index (χ1) is 12.2. The van der Waals surface area contributed by atoms with Crippen molar-refractivity contribution < 1.29 is 9.47 Å². The second kappa shape index (κ2) is 8.97. The summed E-state index contributed by atoms with van der Waals surface area (Å²) in [5.41, 5.74) is 1.21. The number of nitrogens with zero attached hydrogens (tertiary/aromatic N) is 3. The molecule has 1 saturated carbocycles. The maximum Gasteiger partial charge on any atom is 0.217 e. The van der Waals surface area contributed by atoms with Gasteiger partial charge >= 0.3 is 0 Å². The Morgan fingerprint density at radius 3 is 2.96 bits per heavy atom.